The maximum atomic E-state index is 12.6. The molecular weight excluding hydrogens is 360 g/mol. The van der Waals surface area contributed by atoms with Crippen LogP contribution < -0.4 is 25.2 Å². The Kier molecular flexibility index (Phi) is 5.18. The Labute approximate surface area is 163 Å². The van der Waals surface area contributed by atoms with Crippen molar-refractivity contribution in [1.29, 1.82) is 0 Å². The predicted octanol–water partition coefficient (Wildman–Crippen LogP) is 1.95. The lowest BCUT2D eigenvalue weighted by Crippen LogP contribution is -2.38. The summed E-state index contributed by atoms with van der Waals surface area (Å²) in [5, 5.41) is 2.83. The number of piperidine rings is 1. The summed E-state index contributed by atoms with van der Waals surface area (Å²) < 4.78 is 12.5. The van der Waals surface area contributed by atoms with Crippen molar-refractivity contribution < 1.29 is 14.3 Å². The van der Waals surface area contributed by atoms with Gasteiger partial charge in [0.15, 0.2) is 11.5 Å². The van der Waals surface area contributed by atoms with Gasteiger partial charge in [-0.2, -0.15) is 0 Å². The van der Waals surface area contributed by atoms with Gasteiger partial charge in [-0.1, -0.05) is 0 Å². The lowest BCUT2D eigenvalue weighted by atomic mass is 10.1. The first kappa shape index (κ1) is 18.3. The van der Waals surface area contributed by atoms with Crippen LogP contribution in [0, 0.1) is 6.92 Å². The maximum absolute atomic E-state index is 12.6. The minimum Gasteiger partial charge on any atom is -0.486 e. The van der Waals surface area contributed by atoms with Crippen LogP contribution in [0.1, 0.15) is 25.0 Å². The number of rotatable bonds is 4. The number of aryl methyl sites for hydroxylation is 1. The van der Waals surface area contributed by atoms with Gasteiger partial charge in [-0.3, -0.25) is 14.2 Å². The highest BCUT2D eigenvalue weighted by Gasteiger charge is 2.19. The normalized spacial score (nSPS) is 16.0. The van der Waals surface area contributed by atoms with Crippen LogP contribution in [0.5, 0.6) is 11.5 Å². The first-order chi connectivity index (χ1) is 13.6. The second-order valence-electron chi connectivity index (χ2n) is 7.08. The van der Waals surface area contributed by atoms with Gasteiger partial charge in [0, 0.05) is 36.6 Å². The zero-order valence-electron chi connectivity index (χ0n) is 15.9. The van der Waals surface area contributed by atoms with E-state index in [0.717, 1.165) is 25.9 Å². The minimum atomic E-state index is -0.289. The average molecular weight is 384 g/mol. The number of nitrogens with zero attached hydrogens (tertiary/aromatic N) is 3. The van der Waals surface area contributed by atoms with Gasteiger partial charge in [0.1, 0.15) is 19.8 Å². The molecule has 0 radical (unpaired) electrons. The van der Waals surface area contributed by atoms with Gasteiger partial charge in [-0.15, -0.1) is 0 Å². The van der Waals surface area contributed by atoms with Crippen molar-refractivity contribution in [3.8, 4) is 11.5 Å². The summed E-state index contributed by atoms with van der Waals surface area (Å²) in [4.78, 5) is 31.8. The Morgan fingerprint density at radius 2 is 1.86 bits per heavy atom. The molecule has 0 aliphatic carbocycles. The molecule has 4 rings (SSSR count). The summed E-state index contributed by atoms with van der Waals surface area (Å²) in [6.45, 7) is 4.40. The topological polar surface area (TPSA) is 85.7 Å². The van der Waals surface area contributed by atoms with Crippen LogP contribution in [0.3, 0.4) is 0 Å². The highest BCUT2D eigenvalue weighted by atomic mass is 16.6. The molecule has 1 aromatic heterocycles. The van der Waals surface area contributed by atoms with Crippen molar-refractivity contribution in [3.63, 3.8) is 0 Å². The summed E-state index contributed by atoms with van der Waals surface area (Å²) >= 11 is 0. The van der Waals surface area contributed by atoms with Crippen molar-refractivity contribution in [2.75, 3.05) is 36.5 Å². The van der Waals surface area contributed by atoms with Crippen molar-refractivity contribution in [3.05, 3.63) is 40.3 Å². The predicted molar refractivity (Wildman–Crippen MR) is 105 cm³/mol. The fraction of sp³-hybridized carbons (Fsp3) is 0.450. The van der Waals surface area contributed by atoms with Crippen LogP contribution in [-0.4, -0.2) is 41.8 Å². The van der Waals surface area contributed by atoms with Gasteiger partial charge < -0.3 is 19.7 Å². The third kappa shape index (κ3) is 3.95. The van der Waals surface area contributed by atoms with E-state index in [4.69, 9.17) is 9.47 Å². The van der Waals surface area contributed by atoms with E-state index in [-0.39, 0.29) is 18.0 Å². The summed E-state index contributed by atoms with van der Waals surface area (Å²) in [7, 11) is 0. The first-order valence-electron chi connectivity index (χ1n) is 9.63. The van der Waals surface area contributed by atoms with Crippen LogP contribution in [0.4, 0.5) is 11.6 Å². The SMILES string of the molecule is Cc1cc(=O)n(CC(=O)Nc2ccc3c(c2)OCCO3)c(N2CCCCC2)n1. The fourth-order valence-electron chi connectivity index (χ4n) is 3.55. The molecule has 8 heteroatoms. The fourth-order valence-corrected chi connectivity index (χ4v) is 3.55. The minimum absolute atomic E-state index is 0.0909. The van der Waals surface area contributed by atoms with E-state index < -0.39 is 0 Å². The Morgan fingerprint density at radius 3 is 2.64 bits per heavy atom. The number of carbonyl (C=O) groups is 1. The molecule has 1 saturated heterocycles. The molecule has 2 aliphatic rings. The van der Waals surface area contributed by atoms with E-state index in [1.165, 1.54) is 17.1 Å². The van der Waals surface area contributed by atoms with E-state index in [1.54, 1.807) is 25.1 Å². The quantitative estimate of drug-likeness (QED) is 0.867. The van der Waals surface area contributed by atoms with E-state index >= 15 is 0 Å². The highest BCUT2D eigenvalue weighted by Crippen LogP contribution is 2.32. The zero-order chi connectivity index (χ0) is 19.5. The summed E-state index contributed by atoms with van der Waals surface area (Å²) in [5.74, 6) is 1.55. The largest absolute Gasteiger partial charge is 0.486 e. The van der Waals surface area contributed by atoms with Crippen molar-refractivity contribution in [2.45, 2.75) is 32.7 Å². The molecular formula is C20H24N4O4. The molecule has 2 aromatic rings. The average Bonchev–Trinajstić information content (AvgIpc) is 2.70. The lowest BCUT2D eigenvalue weighted by Gasteiger charge is -2.29. The molecule has 1 fully saturated rings. The van der Waals surface area contributed by atoms with Gasteiger partial charge in [0.25, 0.3) is 5.56 Å². The second kappa shape index (κ2) is 7.92. The van der Waals surface area contributed by atoms with Crippen LogP contribution in [0.2, 0.25) is 0 Å². The number of aromatic nitrogens is 2. The molecule has 28 heavy (non-hydrogen) atoms. The number of amides is 1. The number of hydrogen-bond acceptors (Lipinski definition) is 6. The zero-order valence-corrected chi connectivity index (χ0v) is 15.9. The number of carbonyl (C=O) groups excluding carboxylic acids is 1. The molecule has 0 spiro atoms. The molecule has 1 N–H and O–H groups in total. The first-order valence-corrected chi connectivity index (χ1v) is 9.63. The van der Waals surface area contributed by atoms with E-state index in [9.17, 15) is 9.59 Å². The van der Waals surface area contributed by atoms with Crippen LogP contribution in [0.15, 0.2) is 29.1 Å². The third-order valence-electron chi connectivity index (χ3n) is 4.88. The number of hydrogen-bond donors (Lipinski definition) is 1. The highest BCUT2D eigenvalue weighted by molar-refractivity contribution is 5.91. The number of ether oxygens (including phenoxy) is 2. The van der Waals surface area contributed by atoms with Crippen LogP contribution in [-0.2, 0) is 11.3 Å². The number of fused-ring (bicyclic) bond motifs is 1. The van der Waals surface area contributed by atoms with Gasteiger partial charge >= 0.3 is 0 Å². The molecule has 0 unspecified atom stereocenters. The van der Waals surface area contributed by atoms with Crippen LogP contribution >= 0.6 is 0 Å². The number of nitrogens with one attached hydrogen (secondary N) is 1. The number of anilines is 2. The summed E-state index contributed by atoms with van der Waals surface area (Å²) in [6, 6.07) is 6.72. The van der Waals surface area contributed by atoms with Gasteiger partial charge in [-0.05, 0) is 38.3 Å². The van der Waals surface area contributed by atoms with Gasteiger partial charge in [-0.25, -0.2) is 4.98 Å². The summed E-state index contributed by atoms with van der Waals surface area (Å²) in [5.41, 5.74) is 1.04. The molecule has 1 amide bonds. The molecule has 2 aliphatic heterocycles. The van der Waals surface area contributed by atoms with Gasteiger partial charge in [0.05, 0.1) is 0 Å². The van der Waals surface area contributed by atoms with Crippen molar-refractivity contribution >= 4 is 17.5 Å². The third-order valence-corrected chi connectivity index (χ3v) is 4.88. The number of benzene rings is 1. The summed E-state index contributed by atoms with van der Waals surface area (Å²) in [6.07, 6.45) is 3.30. The standard InChI is InChI=1S/C20H24N4O4/c1-14-11-19(26)24(20(21-14)23-7-3-2-4-8-23)13-18(25)22-15-5-6-16-17(12-15)28-10-9-27-16/h5-6,11-12H,2-4,7-10,13H2,1H3,(H,22,25). The molecule has 8 nitrogen and oxygen atoms in total. The molecule has 3 heterocycles. The smallest absolute Gasteiger partial charge is 0.255 e. The molecule has 0 saturated carbocycles. The van der Waals surface area contributed by atoms with Crippen LogP contribution in [0.25, 0.3) is 0 Å². The monoisotopic (exact) mass is 384 g/mol. The molecule has 148 valence electrons. The van der Waals surface area contributed by atoms with Crippen molar-refractivity contribution in [1.82, 2.24) is 9.55 Å². The lowest BCUT2D eigenvalue weighted by molar-refractivity contribution is -0.116. The Morgan fingerprint density at radius 1 is 1.11 bits per heavy atom. The van der Waals surface area contributed by atoms with Gasteiger partial charge in [0.2, 0.25) is 11.9 Å². The molecule has 0 bridgehead atoms. The maximum Gasteiger partial charge on any atom is 0.255 e. The second-order valence-corrected chi connectivity index (χ2v) is 7.08. The Balaban J connectivity index is 1.53. The Bertz CT molecular complexity index is 934. The van der Waals surface area contributed by atoms with E-state index in [1.807, 2.05) is 0 Å². The Hall–Kier alpha value is -3.03. The van der Waals surface area contributed by atoms with E-state index in [0.29, 0.717) is 42.0 Å². The van der Waals surface area contributed by atoms with E-state index in [2.05, 4.69) is 15.2 Å². The van der Waals surface area contributed by atoms with Crippen molar-refractivity contribution in [2.24, 2.45) is 0 Å². The molecule has 1 aromatic carbocycles. The molecule has 0 atom stereocenters.